The van der Waals surface area contributed by atoms with Crippen molar-refractivity contribution >= 4 is 29.9 Å². The van der Waals surface area contributed by atoms with Gasteiger partial charge in [0.25, 0.3) is 0 Å². The van der Waals surface area contributed by atoms with Crippen LogP contribution in [-0.4, -0.2) is 49.6 Å². The molecule has 0 fully saturated rings. The van der Waals surface area contributed by atoms with E-state index < -0.39 is 0 Å². The van der Waals surface area contributed by atoms with Crippen LogP contribution < -0.4 is 10.6 Å². The van der Waals surface area contributed by atoms with Crippen LogP contribution in [-0.2, 0) is 6.54 Å². The van der Waals surface area contributed by atoms with Crippen LogP contribution in [0.1, 0.15) is 18.2 Å². The standard InChI is InChI=1S/C18H27N5O.HI/c1-5-23(4)11-10-20-18(19-3)21-12-16-13-24-17(22-16)15-8-6-14(2)7-9-15;/h6-9,13H,5,10-12H2,1-4H3,(H2,19,20,21);1H. The van der Waals surface area contributed by atoms with Crippen LogP contribution in [0.25, 0.3) is 11.5 Å². The Morgan fingerprint density at radius 3 is 2.60 bits per heavy atom. The maximum absolute atomic E-state index is 5.57. The van der Waals surface area contributed by atoms with Crippen molar-refractivity contribution in [2.75, 3.05) is 33.7 Å². The molecule has 1 aromatic carbocycles. The number of nitrogens with zero attached hydrogens (tertiary/aromatic N) is 3. The van der Waals surface area contributed by atoms with E-state index in [1.165, 1.54) is 5.56 Å². The van der Waals surface area contributed by atoms with E-state index in [-0.39, 0.29) is 24.0 Å². The average Bonchev–Trinajstić information content (AvgIpc) is 3.07. The van der Waals surface area contributed by atoms with E-state index in [1.54, 1.807) is 13.3 Å². The van der Waals surface area contributed by atoms with Crippen molar-refractivity contribution in [2.24, 2.45) is 4.99 Å². The topological polar surface area (TPSA) is 65.7 Å². The lowest BCUT2D eigenvalue weighted by atomic mass is 10.1. The Morgan fingerprint density at radius 1 is 1.24 bits per heavy atom. The Bertz CT molecular complexity index is 654. The van der Waals surface area contributed by atoms with Gasteiger partial charge in [0.15, 0.2) is 5.96 Å². The van der Waals surface area contributed by atoms with Gasteiger partial charge in [0, 0.05) is 25.7 Å². The summed E-state index contributed by atoms with van der Waals surface area (Å²) in [7, 11) is 3.86. The van der Waals surface area contributed by atoms with Gasteiger partial charge >= 0.3 is 0 Å². The molecule has 1 aromatic heterocycles. The maximum atomic E-state index is 5.57. The molecule has 0 spiro atoms. The summed E-state index contributed by atoms with van der Waals surface area (Å²) in [5.41, 5.74) is 3.05. The molecule has 0 aliphatic rings. The lowest BCUT2D eigenvalue weighted by molar-refractivity contribution is 0.357. The van der Waals surface area contributed by atoms with Crippen LogP contribution in [0.3, 0.4) is 0 Å². The largest absolute Gasteiger partial charge is 0.444 e. The number of benzene rings is 1. The van der Waals surface area contributed by atoms with E-state index in [0.29, 0.717) is 12.4 Å². The SMILES string of the molecule is CCN(C)CCNC(=NC)NCc1coc(-c2ccc(C)cc2)n1.I. The number of rotatable bonds is 7. The summed E-state index contributed by atoms with van der Waals surface area (Å²) in [5, 5.41) is 6.54. The molecule has 0 unspecified atom stereocenters. The molecule has 0 amide bonds. The van der Waals surface area contributed by atoms with Crippen LogP contribution in [0.5, 0.6) is 0 Å². The predicted octanol–water partition coefficient (Wildman–Crippen LogP) is 2.88. The molecular formula is C18H28IN5O. The third-order valence-corrected chi connectivity index (χ3v) is 3.84. The van der Waals surface area contributed by atoms with Gasteiger partial charge in [-0.05, 0) is 32.6 Å². The molecule has 0 radical (unpaired) electrons. The number of likely N-dealkylation sites (N-methyl/N-ethyl adjacent to an activating group) is 1. The first kappa shape index (κ1) is 21.4. The molecule has 2 rings (SSSR count). The number of aryl methyl sites for hydroxylation is 1. The molecule has 0 bridgehead atoms. The van der Waals surface area contributed by atoms with Gasteiger partial charge in [0.2, 0.25) is 5.89 Å². The van der Waals surface area contributed by atoms with Gasteiger partial charge in [-0.3, -0.25) is 4.99 Å². The Labute approximate surface area is 167 Å². The summed E-state index contributed by atoms with van der Waals surface area (Å²) in [6, 6.07) is 8.14. The second-order valence-electron chi connectivity index (χ2n) is 5.76. The fraction of sp³-hybridized carbons (Fsp3) is 0.444. The predicted molar refractivity (Wildman–Crippen MR) is 113 cm³/mol. The van der Waals surface area contributed by atoms with E-state index in [0.717, 1.165) is 36.9 Å². The number of hydrogen-bond acceptors (Lipinski definition) is 4. The molecule has 138 valence electrons. The molecule has 2 N–H and O–H groups in total. The molecule has 25 heavy (non-hydrogen) atoms. The zero-order chi connectivity index (χ0) is 17.4. The van der Waals surface area contributed by atoms with E-state index in [4.69, 9.17) is 4.42 Å². The molecule has 7 heteroatoms. The molecule has 0 saturated heterocycles. The van der Waals surface area contributed by atoms with Crippen molar-refractivity contribution in [3.63, 3.8) is 0 Å². The Morgan fingerprint density at radius 2 is 1.96 bits per heavy atom. The molecule has 0 atom stereocenters. The van der Waals surface area contributed by atoms with E-state index in [9.17, 15) is 0 Å². The number of aromatic nitrogens is 1. The number of guanidine groups is 1. The first-order chi connectivity index (χ1) is 11.6. The third-order valence-electron chi connectivity index (χ3n) is 3.84. The van der Waals surface area contributed by atoms with Gasteiger partial charge in [-0.2, -0.15) is 0 Å². The first-order valence-corrected chi connectivity index (χ1v) is 8.27. The second-order valence-corrected chi connectivity index (χ2v) is 5.76. The van der Waals surface area contributed by atoms with Crippen molar-refractivity contribution in [1.29, 1.82) is 0 Å². The highest BCUT2D eigenvalue weighted by molar-refractivity contribution is 14.0. The fourth-order valence-corrected chi connectivity index (χ4v) is 2.14. The molecule has 2 aromatic rings. The van der Waals surface area contributed by atoms with Gasteiger partial charge in [0.05, 0.1) is 12.2 Å². The number of oxazole rings is 1. The highest BCUT2D eigenvalue weighted by Crippen LogP contribution is 2.18. The summed E-state index contributed by atoms with van der Waals surface area (Å²) in [6.07, 6.45) is 1.68. The molecule has 0 aliphatic carbocycles. The van der Waals surface area contributed by atoms with E-state index in [1.807, 2.05) is 12.1 Å². The summed E-state index contributed by atoms with van der Waals surface area (Å²) >= 11 is 0. The van der Waals surface area contributed by atoms with Gasteiger partial charge < -0.3 is 20.0 Å². The van der Waals surface area contributed by atoms with Crippen molar-refractivity contribution in [1.82, 2.24) is 20.5 Å². The minimum atomic E-state index is 0. The highest BCUT2D eigenvalue weighted by Gasteiger charge is 2.07. The minimum absolute atomic E-state index is 0. The quantitative estimate of drug-likeness (QED) is 0.381. The number of halogens is 1. The Hall–Kier alpha value is -1.61. The third kappa shape index (κ3) is 7.03. The lowest BCUT2D eigenvalue weighted by Gasteiger charge is -2.16. The van der Waals surface area contributed by atoms with Crippen molar-refractivity contribution in [3.05, 3.63) is 41.8 Å². The smallest absolute Gasteiger partial charge is 0.226 e. The van der Waals surface area contributed by atoms with Crippen LogP contribution >= 0.6 is 24.0 Å². The van der Waals surface area contributed by atoms with Crippen LogP contribution in [0, 0.1) is 6.92 Å². The lowest BCUT2D eigenvalue weighted by Crippen LogP contribution is -2.40. The molecule has 1 heterocycles. The normalized spacial score (nSPS) is 11.3. The fourth-order valence-electron chi connectivity index (χ4n) is 2.14. The zero-order valence-corrected chi connectivity index (χ0v) is 17.7. The molecule has 0 saturated carbocycles. The highest BCUT2D eigenvalue weighted by atomic mass is 127. The Balaban J connectivity index is 0.00000312. The number of nitrogens with one attached hydrogen (secondary N) is 2. The Kier molecular flexibility index (Phi) is 9.51. The monoisotopic (exact) mass is 457 g/mol. The zero-order valence-electron chi connectivity index (χ0n) is 15.4. The van der Waals surface area contributed by atoms with Crippen molar-refractivity contribution in [3.8, 4) is 11.5 Å². The molecular weight excluding hydrogens is 429 g/mol. The van der Waals surface area contributed by atoms with Crippen molar-refractivity contribution < 1.29 is 4.42 Å². The van der Waals surface area contributed by atoms with Crippen LogP contribution in [0.15, 0.2) is 39.9 Å². The summed E-state index contributed by atoms with van der Waals surface area (Å²) < 4.78 is 5.57. The van der Waals surface area contributed by atoms with Gasteiger partial charge in [-0.25, -0.2) is 4.98 Å². The maximum Gasteiger partial charge on any atom is 0.226 e. The van der Waals surface area contributed by atoms with Crippen LogP contribution in [0.2, 0.25) is 0 Å². The summed E-state index contributed by atoms with van der Waals surface area (Å²) in [6.45, 7) is 7.62. The number of aliphatic imine (C=N–C) groups is 1. The van der Waals surface area contributed by atoms with E-state index >= 15 is 0 Å². The van der Waals surface area contributed by atoms with Crippen molar-refractivity contribution in [2.45, 2.75) is 20.4 Å². The van der Waals surface area contributed by atoms with E-state index in [2.05, 4.69) is 58.5 Å². The molecule has 6 nitrogen and oxygen atoms in total. The summed E-state index contributed by atoms with van der Waals surface area (Å²) in [4.78, 5) is 11.0. The average molecular weight is 457 g/mol. The van der Waals surface area contributed by atoms with Gasteiger partial charge in [-0.15, -0.1) is 24.0 Å². The van der Waals surface area contributed by atoms with Gasteiger partial charge in [0.1, 0.15) is 6.26 Å². The molecule has 0 aliphatic heterocycles. The first-order valence-electron chi connectivity index (χ1n) is 8.27. The van der Waals surface area contributed by atoms with Crippen LogP contribution in [0.4, 0.5) is 0 Å². The summed E-state index contributed by atoms with van der Waals surface area (Å²) in [5.74, 6) is 1.40. The minimum Gasteiger partial charge on any atom is -0.444 e. The number of hydrogen-bond donors (Lipinski definition) is 2. The van der Waals surface area contributed by atoms with Gasteiger partial charge in [-0.1, -0.05) is 24.6 Å². The second kappa shape index (κ2) is 11.1.